The van der Waals surface area contributed by atoms with Crippen molar-refractivity contribution in [3.05, 3.63) is 69.5 Å². The lowest BCUT2D eigenvalue weighted by atomic mass is 10.1. The molecule has 116 valence electrons. The summed E-state index contributed by atoms with van der Waals surface area (Å²) in [5, 5.41) is 14.9. The summed E-state index contributed by atoms with van der Waals surface area (Å²) in [4.78, 5) is 16.3. The van der Waals surface area contributed by atoms with Crippen LogP contribution in [0.25, 0.3) is 5.65 Å². The van der Waals surface area contributed by atoms with Gasteiger partial charge in [0.2, 0.25) is 0 Å². The molecule has 2 aromatic heterocycles. The van der Waals surface area contributed by atoms with Crippen molar-refractivity contribution >= 4 is 5.65 Å². The number of nitrogens with zero attached hydrogens (tertiary/aromatic N) is 3. The zero-order valence-corrected chi connectivity index (χ0v) is 12.4. The minimum atomic E-state index is -0.292. The van der Waals surface area contributed by atoms with E-state index < -0.39 is 0 Å². The van der Waals surface area contributed by atoms with E-state index in [2.05, 4.69) is 15.4 Å². The summed E-state index contributed by atoms with van der Waals surface area (Å²) in [5.41, 5.74) is 1.65. The molecule has 2 heterocycles. The second-order valence-electron chi connectivity index (χ2n) is 5.20. The van der Waals surface area contributed by atoms with Crippen molar-refractivity contribution in [1.29, 1.82) is 5.26 Å². The molecular weight excluding hydrogens is 297 g/mol. The molecule has 23 heavy (non-hydrogen) atoms. The van der Waals surface area contributed by atoms with Gasteiger partial charge in [-0.15, -0.1) is 0 Å². The summed E-state index contributed by atoms with van der Waals surface area (Å²) in [5.74, 6) is -0.292. The van der Waals surface area contributed by atoms with Gasteiger partial charge in [-0.3, -0.25) is 9.89 Å². The standard InChI is InChI=1S/C16H14FN5O/c1-10(11-3-2-4-13(17)5-11)19-9-14-6-15(23)22-16(21-14)12(7-18)8-20-22/h2-6,8,10,19-20H,9H2,1H3. The van der Waals surface area contributed by atoms with Gasteiger partial charge >= 0.3 is 0 Å². The van der Waals surface area contributed by atoms with Gasteiger partial charge in [-0.05, 0) is 24.6 Å². The van der Waals surface area contributed by atoms with Crippen LogP contribution >= 0.6 is 0 Å². The van der Waals surface area contributed by atoms with Crippen LogP contribution in [0.15, 0.2) is 41.3 Å². The number of hydrogen-bond acceptors (Lipinski definition) is 4. The van der Waals surface area contributed by atoms with E-state index in [0.29, 0.717) is 23.4 Å². The van der Waals surface area contributed by atoms with Crippen molar-refractivity contribution in [3.63, 3.8) is 0 Å². The number of nitrogens with one attached hydrogen (secondary N) is 2. The molecule has 0 bridgehead atoms. The predicted octanol–water partition coefficient (Wildman–Crippen LogP) is 1.88. The highest BCUT2D eigenvalue weighted by atomic mass is 19.1. The highest BCUT2D eigenvalue weighted by Gasteiger charge is 2.10. The van der Waals surface area contributed by atoms with Crippen LogP contribution in [0.3, 0.4) is 0 Å². The van der Waals surface area contributed by atoms with Crippen molar-refractivity contribution < 1.29 is 4.39 Å². The number of nitriles is 1. The highest BCUT2D eigenvalue weighted by Crippen LogP contribution is 2.14. The van der Waals surface area contributed by atoms with E-state index in [4.69, 9.17) is 5.26 Å². The van der Waals surface area contributed by atoms with Crippen LogP contribution < -0.4 is 10.9 Å². The number of aromatic nitrogens is 3. The van der Waals surface area contributed by atoms with Gasteiger partial charge in [0, 0.05) is 24.8 Å². The van der Waals surface area contributed by atoms with E-state index in [1.807, 2.05) is 19.1 Å². The molecule has 0 aliphatic carbocycles. The summed E-state index contributed by atoms with van der Waals surface area (Å²) in [6.07, 6.45) is 1.44. The molecule has 7 heteroatoms. The summed E-state index contributed by atoms with van der Waals surface area (Å²) >= 11 is 0. The van der Waals surface area contributed by atoms with Crippen molar-refractivity contribution in [1.82, 2.24) is 19.9 Å². The Bertz CT molecular complexity index is 953. The summed E-state index contributed by atoms with van der Waals surface area (Å²) in [6.45, 7) is 2.23. The van der Waals surface area contributed by atoms with E-state index in [1.54, 1.807) is 6.07 Å². The van der Waals surface area contributed by atoms with Gasteiger partial charge in [0.25, 0.3) is 5.56 Å². The van der Waals surface area contributed by atoms with Crippen LogP contribution in [0.4, 0.5) is 4.39 Å². The molecule has 0 fully saturated rings. The van der Waals surface area contributed by atoms with Gasteiger partial charge < -0.3 is 5.32 Å². The number of fused-ring (bicyclic) bond motifs is 1. The molecule has 1 aromatic carbocycles. The third-order valence-corrected chi connectivity index (χ3v) is 3.61. The summed E-state index contributed by atoms with van der Waals surface area (Å²) < 4.78 is 14.5. The van der Waals surface area contributed by atoms with Crippen molar-refractivity contribution in [2.75, 3.05) is 0 Å². The molecular formula is C16H14FN5O. The fourth-order valence-electron chi connectivity index (χ4n) is 2.35. The molecule has 2 N–H and O–H groups in total. The number of benzene rings is 1. The average Bonchev–Trinajstić information content (AvgIpc) is 2.96. The molecule has 0 saturated carbocycles. The Morgan fingerprint density at radius 3 is 3.04 bits per heavy atom. The largest absolute Gasteiger partial charge is 0.305 e. The third kappa shape index (κ3) is 2.98. The molecule has 0 aliphatic rings. The van der Waals surface area contributed by atoms with E-state index in [-0.39, 0.29) is 17.4 Å². The maximum atomic E-state index is 13.2. The highest BCUT2D eigenvalue weighted by molar-refractivity contribution is 5.53. The Labute approximate surface area is 131 Å². The third-order valence-electron chi connectivity index (χ3n) is 3.61. The Morgan fingerprint density at radius 2 is 2.30 bits per heavy atom. The van der Waals surface area contributed by atoms with Crippen LogP contribution in [-0.4, -0.2) is 14.6 Å². The van der Waals surface area contributed by atoms with Crippen LogP contribution in [0.1, 0.15) is 29.8 Å². The van der Waals surface area contributed by atoms with Crippen LogP contribution in [0, 0.1) is 17.1 Å². The second kappa shape index (κ2) is 6.02. The SMILES string of the molecule is CC(NCc1cc(=O)n2[nH]cc(C#N)c2n1)c1cccc(F)c1. The zero-order valence-electron chi connectivity index (χ0n) is 12.4. The van der Waals surface area contributed by atoms with Crippen molar-refractivity contribution in [2.45, 2.75) is 19.5 Å². The molecule has 1 unspecified atom stereocenters. The Hall–Kier alpha value is -2.98. The molecule has 3 aromatic rings. The topological polar surface area (TPSA) is 86.0 Å². The molecule has 1 atom stereocenters. The van der Waals surface area contributed by atoms with Gasteiger partial charge in [-0.2, -0.15) is 5.26 Å². The number of hydrogen-bond donors (Lipinski definition) is 2. The number of H-pyrrole nitrogens is 1. The maximum Gasteiger partial charge on any atom is 0.272 e. The molecule has 6 nitrogen and oxygen atoms in total. The molecule has 0 radical (unpaired) electrons. The lowest BCUT2D eigenvalue weighted by molar-refractivity contribution is 0.559. The van der Waals surface area contributed by atoms with E-state index in [9.17, 15) is 9.18 Å². The number of rotatable bonds is 4. The first-order chi connectivity index (χ1) is 11.1. The first-order valence-corrected chi connectivity index (χ1v) is 7.07. The normalized spacial score (nSPS) is 12.2. The summed E-state index contributed by atoms with van der Waals surface area (Å²) in [6, 6.07) is 9.61. The Kier molecular flexibility index (Phi) is 3.91. The minimum absolute atomic E-state index is 0.104. The fraction of sp³-hybridized carbons (Fsp3) is 0.188. The van der Waals surface area contributed by atoms with E-state index in [1.165, 1.54) is 28.9 Å². The van der Waals surface area contributed by atoms with Crippen LogP contribution in [0.2, 0.25) is 0 Å². The fourth-order valence-corrected chi connectivity index (χ4v) is 2.35. The molecule has 0 amide bonds. The van der Waals surface area contributed by atoms with E-state index >= 15 is 0 Å². The maximum absolute atomic E-state index is 13.2. The van der Waals surface area contributed by atoms with Gasteiger partial charge in [-0.25, -0.2) is 13.9 Å². The molecule has 0 aliphatic heterocycles. The Balaban J connectivity index is 1.82. The molecule has 0 spiro atoms. The first kappa shape index (κ1) is 14.9. The summed E-state index contributed by atoms with van der Waals surface area (Å²) in [7, 11) is 0. The smallest absolute Gasteiger partial charge is 0.272 e. The predicted molar refractivity (Wildman–Crippen MR) is 82.2 cm³/mol. The Morgan fingerprint density at radius 1 is 1.48 bits per heavy atom. The average molecular weight is 311 g/mol. The minimum Gasteiger partial charge on any atom is -0.305 e. The van der Waals surface area contributed by atoms with Crippen LogP contribution in [0.5, 0.6) is 0 Å². The van der Waals surface area contributed by atoms with Crippen molar-refractivity contribution in [2.24, 2.45) is 0 Å². The molecule has 0 saturated heterocycles. The van der Waals surface area contributed by atoms with Gasteiger partial charge in [0.05, 0.1) is 5.69 Å². The zero-order chi connectivity index (χ0) is 16.4. The number of aromatic amines is 1. The van der Waals surface area contributed by atoms with Crippen LogP contribution in [-0.2, 0) is 6.54 Å². The lowest BCUT2D eigenvalue weighted by Crippen LogP contribution is -2.22. The first-order valence-electron chi connectivity index (χ1n) is 7.07. The second-order valence-corrected chi connectivity index (χ2v) is 5.20. The van der Waals surface area contributed by atoms with E-state index in [0.717, 1.165) is 5.56 Å². The van der Waals surface area contributed by atoms with Gasteiger partial charge in [0.15, 0.2) is 5.65 Å². The van der Waals surface area contributed by atoms with Gasteiger partial charge in [-0.1, -0.05) is 12.1 Å². The quantitative estimate of drug-likeness (QED) is 0.770. The monoisotopic (exact) mass is 311 g/mol. The lowest BCUT2D eigenvalue weighted by Gasteiger charge is -2.14. The van der Waals surface area contributed by atoms with Crippen molar-refractivity contribution in [3.8, 4) is 6.07 Å². The van der Waals surface area contributed by atoms with Gasteiger partial charge in [0.1, 0.15) is 17.4 Å². The number of halogens is 1. The molecule has 3 rings (SSSR count).